The van der Waals surface area contributed by atoms with E-state index in [2.05, 4.69) is 10.3 Å². The lowest BCUT2D eigenvalue weighted by Gasteiger charge is -2.14. The van der Waals surface area contributed by atoms with Crippen LogP contribution in [0.3, 0.4) is 0 Å². The van der Waals surface area contributed by atoms with E-state index in [-0.39, 0.29) is 0 Å². The molecule has 1 aromatic heterocycles. The first-order valence-corrected chi connectivity index (χ1v) is 9.67. The highest BCUT2D eigenvalue weighted by Crippen LogP contribution is 2.39. The molecule has 1 atom stereocenters. The van der Waals surface area contributed by atoms with E-state index in [1.165, 1.54) is 0 Å². The highest BCUT2D eigenvalue weighted by atomic mass is 35.5. The van der Waals surface area contributed by atoms with Gasteiger partial charge in [0.2, 0.25) is 0 Å². The van der Waals surface area contributed by atoms with E-state index < -0.39 is 6.10 Å². The number of hydrogen-bond donors (Lipinski definition) is 2. The number of halogens is 2. The molecule has 0 radical (unpaired) electrons. The first kappa shape index (κ1) is 18.2. The number of nitrogens with zero attached hydrogens (tertiary/aromatic N) is 2. The van der Waals surface area contributed by atoms with Gasteiger partial charge in [0.25, 0.3) is 0 Å². The van der Waals surface area contributed by atoms with Crippen molar-refractivity contribution in [2.75, 3.05) is 11.9 Å². The Hall–Kier alpha value is -2.14. The second-order valence-corrected chi connectivity index (χ2v) is 7.52. The van der Waals surface area contributed by atoms with Crippen molar-refractivity contribution in [3.8, 4) is 11.3 Å². The minimum absolute atomic E-state index is 0.367. The van der Waals surface area contributed by atoms with E-state index in [1.54, 1.807) is 6.07 Å². The van der Waals surface area contributed by atoms with Gasteiger partial charge in [-0.1, -0.05) is 59.6 Å². The smallest absolute Gasteiger partial charge is 0.134 e. The summed E-state index contributed by atoms with van der Waals surface area (Å²) in [5, 5.41) is 14.6. The van der Waals surface area contributed by atoms with Crippen LogP contribution in [0.15, 0.2) is 54.6 Å². The highest BCUT2D eigenvalue weighted by Gasteiger charge is 2.27. The third kappa shape index (κ3) is 4.41. The van der Waals surface area contributed by atoms with Gasteiger partial charge in [-0.25, -0.2) is 9.97 Å². The molecule has 2 N–H and O–H groups in total. The Balaban J connectivity index is 1.58. The maximum atomic E-state index is 10.4. The molecule has 1 aliphatic rings. The largest absolute Gasteiger partial charge is 0.387 e. The molecule has 138 valence electrons. The van der Waals surface area contributed by atoms with Crippen molar-refractivity contribution in [3.05, 3.63) is 76.0 Å². The Kier molecular flexibility index (Phi) is 5.30. The average Bonchev–Trinajstić information content (AvgIpc) is 3.54. The molecule has 1 saturated carbocycles. The number of hydrogen-bond acceptors (Lipinski definition) is 4. The molecule has 3 aromatic rings. The van der Waals surface area contributed by atoms with Crippen LogP contribution in [0.2, 0.25) is 10.0 Å². The number of rotatable bonds is 6. The number of aliphatic hydroxyl groups is 1. The van der Waals surface area contributed by atoms with E-state index in [0.29, 0.717) is 28.3 Å². The maximum Gasteiger partial charge on any atom is 0.134 e. The van der Waals surface area contributed by atoms with Crippen molar-refractivity contribution in [2.45, 2.75) is 24.9 Å². The molecular weight excluding hydrogens is 381 g/mol. The van der Waals surface area contributed by atoms with E-state index in [1.807, 2.05) is 48.5 Å². The van der Waals surface area contributed by atoms with Crippen molar-refractivity contribution in [2.24, 2.45) is 0 Å². The lowest BCUT2D eigenvalue weighted by Crippen LogP contribution is -2.14. The van der Waals surface area contributed by atoms with Crippen LogP contribution < -0.4 is 5.32 Å². The summed E-state index contributed by atoms with van der Waals surface area (Å²) in [6.45, 7) is 0.367. The quantitative estimate of drug-likeness (QED) is 0.576. The van der Waals surface area contributed by atoms with Crippen LogP contribution in [0.4, 0.5) is 5.82 Å². The number of aromatic nitrogens is 2. The van der Waals surface area contributed by atoms with Gasteiger partial charge in [0, 0.05) is 24.1 Å². The second kappa shape index (κ2) is 7.85. The first-order valence-electron chi connectivity index (χ1n) is 8.91. The fourth-order valence-electron chi connectivity index (χ4n) is 2.88. The van der Waals surface area contributed by atoms with E-state index in [4.69, 9.17) is 28.2 Å². The SMILES string of the molecule is OC(CNc1cc(-c2ccc(Cl)c(Cl)c2)nc(C2CC2)n1)c1ccccc1. The van der Waals surface area contributed by atoms with Gasteiger partial charge < -0.3 is 10.4 Å². The molecule has 6 heteroatoms. The minimum atomic E-state index is -0.612. The zero-order valence-electron chi connectivity index (χ0n) is 14.6. The van der Waals surface area contributed by atoms with Crippen LogP contribution in [-0.2, 0) is 0 Å². The number of anilines is 1. The topological polar surface area (TPSA) is 58.0 Å². The van der Waals surface area contributed by atoms with Gasteiger partial charge in [-0.3, -0.25) is 0 Å². The van der Waals surface area contributed by atoms with Crippen LogP contribution >= 0.6 is 23.2 Å². The number of aliphatic hydroxyl groups excluding tert-OH is 1. The van der Waals surface area contributed by atoms with Crippen LogP contribution in [0.5, 0.6) is 0 Å². The van der Waals surface area contributed by atoms with Crippen LogP contribution in [0, 0.1) is 0 Å². The highest BCUT2D eigenvalue weighted by molar-refractivity contribution is 6.42. The summed E-state index contributed by atoms with van der Waals surface area (Å²) in [5.74, 6) is 1.94. The molecule has 0 saturated heterocycles. The summed E-state index contributed by atoms with van der Waals surface area (Å²) >= 11 is 12.2. The third-order valence-electron chi connectivity index (χ3n) is 4.56. The van der Waals surface area contributed by atoms with Gasteiger partial charge in [-0.15, -0.1) is 0 Å². The van der Waals surface area contributed by atoms with Gasteiger partial charge in [-0.05, 0) is 30.5 Å². The Morgan fingerprint density at radius 1 is 1.00 bits per heavy atom. The van der Waals surface area contributed by atoms with Crippen molar-refractivity contribution < 1.29 is 5.11 Å². The normalized spacial score (nSPS) is 14.8. The summed E-state index contributed by atoms with van der Waals surface area (Å²) in [7, 11) is 0. The van der Waals surface area contributed by atoms with E-state index >= 15 is 0 Å². The lowest BCUT2D eigenvalue weighted by molar-refractivity contribution is 0.191. The maximum absolute atomic E-state index is 10.4. The molecule has 0 bridgehead atoms. The standard InChI is InChI=1S/C21H19Cl2N3O/c22-16-9-8-15(10-17(16)23)18-11-20(26-21(25-18)14-6-7-14)24-12-19(27)13-4-2-1-3-5-13/h1-5,8-11,14,19,27H,6-7,12H2,(H,24,25,26). The summed E-state index contributed by atoms with van der Waals surface area (Å²) in [6.07, 6.45) is 1.60. The molecule has 4 rings (SSSR count). The van der Waals surface area contributed by atoms with Gasteiger partial charge in [0.05, 0.1) is 21.8 Å². The molecule has 1 aliphatic carbocycles. The molecule has 27 heavy (non-hydrogen) atoms. The zero-order chi connectivity index (χ0) is 18.8. The summed E-state index contributed by atoms with van der Waals surface area (Å²) < 4.78 is 0. The zero-order valence-corrected chi connectivity index (χ0v) is 16.1. The average molecular weight is 400 g/mol. The molecule has 2 aromatic carbocycles. The van der Waals surface area contributed by atoms with E-state index in [0.717, 1.165) is 35.5 Å². The molecule has 1 unspecified atom stereocenters. The van der Waals surface area contributed by atoms with Crippen LogP contribution in [0.25, 0.3) is 11.3 Å². The Bertz CT molecular complexity index is 945. The summed E-state index contributed by atoms with van der Waals surface area (Å²) in [4.78, 5) is 9.34. The van der Waals surface area contributed by atoms with Crippen molar-refractivity contribution in [3.63, 3.8) is 0 Å². The Morgan fingerprint density at radius 3 is 2.48 bits per heavy atom. The first-order chi connectivity index (χ1) is 13.1. The van der Waals surface area contributed by atoms with Crippen molar-refractivity contribution >= 4 is 29.0 Å². The molecule has 1 heterocycles. The van der Waals surface area contributed by atoms with Gasteiger partial charge >= 0.3 is 0 Å². The molecule has 1 fully saturated rings. The lowest BCUT2D eigenvalue weighted by atomic mass is 10.1. The minimum Gasteiger partial charge on any atom is -0.387 e. The molecule has 0 aliphatic heterocycles. The fraction of sp³-hybridized carbons (Fsp3) is 0.238. The molecule has 4 nitrogen and oxygen atoms in total. The molecule has 0 amide bonds. The summed E-state index contributed by atoms with van der Waals surface area (Å²) in [6, 6.07) is 16.9. The van der Waals surface area contributed by atoms with Gasteiger partial charge in [-0.2, -0.15) is 0 Å². The van der Waals surface area contributed by atoms with Gasteiger partial charge in [0.15, 0.2) is 0 Å². The monoisotopic (exact) mass is 399 g/mol. The van der Waals surface area contributed by atoms with Crippen molar-refractivity contribution in [1.29, 1.82) is 0 Å². The predicted molar refractivity (Wildman–Crippen MR) is 109 cm³/mol. The second-order valence-electron chi connectivity index (χ2n) is 6.71. The Morgan fingerprint density at radius 2 is 1.78 bits per heavy atom. The van der Waals surface area contributed by atoms with Gasteiger partial charge in [0.1, 0.15) is 11.6 Å². The van der Waals surface area contributed by atoms with Crippen LogP contribution in [0.1, 0.15) is 36.3 Å². The predicted octanol–water partition coefficient (Wildman–Crippen LogP) is 5.47. The fourth-order valence-corrected chi connectivity index (χ4v) is 3.18. The van der Waals surface area contributed by atoms with Crippen LogP contribution in [-0.4, -0.2) is 21.6 Å². The summed E-state index contributed by atoms with van der Waals surface area (Å²) in [5.41, 5.74) is 2.55. The number of nitrogens with one attached hydrogen (secondary N) is 1. The Labute approximate surface area is 168 Å². The molecule has 0 spiro atoms. The van der Waals surface area contributed by atoms with Crippen molar-refractivity contribution in [1.82, 2.24) is 9.97 Å². The molecular formula is C21H19Cl2N3O. The van der Waals surface area contributed by atoms with E-state index in [9.17, 15) is 5.11 Å². The number of benzene rings is 2. The third-order valence-corrected chi connectivity index (χ3v) is 5.30.